The number of phenols is 1. The van der Waals surface area contributed by atoms with Crippen molar-refractivity contribution < 1.29 is 39.3 Å². The molecule has 10 heteroatoms. The first-order chi connectivity index (χ1) is 17.7. The van der Waals surface area contributed by atoms with Gasteiger partial charge in [0.15, 0.2) is 0 Å². The molecule has 3 atom stereocenters. The molecule has 0 unspecified atom stereocenters. The van der Waals surface area contributed by atoms with Crippen LogP contribution in [0.3, 0.4) is 0 Å². The summed E-state index contributed by atoms with van der Waals surface area (Å²) in [5.41, 5.74) is 0.527. The van der Waals surface area contributed by atoms with Gasteiger partial charge in [0.05, 0.1) is 6.61 Å². The SMILES string of the molecule is CC(C)(CCCCCCO[N+](=O)[O-])c1cc(O)c([C@@H]2CC(=O)[C@@H]3C[C@H]2C3(C)C)c(OC(=O)C=CC(=O)O)c1. The highest BCUT2D eigenvalue weighted by Gasteiger charge is 2.59. The van der Waals surface area contributed by atoms with E-state index in [1.807, 2.05) is 13.8 Å². The number of rotatable bonds is 13. The van der Waals surface area contributed by atoms with Gasteiger partial charge in [0.2, 0.25) is 0 Å². The van der Waals surface area contributed by atoms with Crippen LogP contribution in [0.15, 0.2) is 24.3 Å². The van der Waals surface area contributed by atoms with Crippen LogP contribution in [0.4, 0.5) is 0 Å². The van der Waals surface area contributed by atoms with Crippen molar-refractivity contribution in [2.24, 2.45) is 17.3 Å². The van der Waals surface area contributed by atoms with E-state index in [1.165, 1.54) is 0 Å². The molecule has 0 aliphatic heterocycles. The number of carbonyl (C=O) groups is 3. The van der Waals surface area contributed by atoms with Gasteiger partial charge in [-0.25, -0.2) is 9.59 Å². The van der Waals surface area contributed by atoms with Gasteiger partial charge in [-0.3, -0.25) is 4.79 Å². The molecule has 2 bridgehead atoms. The molecule has 2 N–H and O–H groups in total. The summed E-state index contributed by atoms with van der Waals surface area (Å²) in [4.78, 5) is 50.7. The number of carbonyl (C=O) groups excluding carboxylic acids is 2. The average Bonchev–Trinajstić information content (AvgIpc) is 2.80. The molecule has 3 aliphatic rings. The zero-order chi connectivity index (χ0) is 28.3. The topological polar surface area (TPSA) is 153 Å². The zero-order valence-electron chi connectivity index (χ0n) is 22.4. The van der Waals surface area contributed by atoms with Crippen LogP contribution in [0.1, 0.15) is 89.7 Å². The lowest BCUT2D eigenvalue weighted by Gasteiger charge is -2.59. The Bertz CT molecular complexity index is 1120. The van der Waals surface area contributed by atoms with Gasteiger partial charge >= 0.3 is 11.9 Å². The summed E-state index contributed by atoms with van der Waals surface area (Å²) in [6.07, 6.45) is 6.27. The Balaban J connectivity index is 1.84. The van der Waals surface area contributed by atoms with Crippen molar-refractivity contribution >= 4 is 17.7 Å². The lowest BCUT2D eigenvalue weighted by Crippen LogP contribution is -2.56. The van der Waals surface area contributed by atoms with E-state index >= 15 is 0 Å². The van der Waals surface area contributed by atoms with Gasteiger partial charge in [-0.2, -0.15) is 0 Å². The minimum Gasteiger partial charge on any atom is -0.508 e. The predicted molar refractivity (Wildman–Crippen MR) is 137 cm³/mol. The summed E-state index contributed by atoms with van der Waals surface area (Å²) in [6, 6.07) is 3.39. The first kappa shape index (κ1) is 29.1. The molecule has 0 heterocycles. The molecule has 4 rings (SSSR count). The van der Waals surface area contributed by atoms with E-state index in [0.717, 1.165) is 43.7 Å². The number of carboxylic acids is 1. The normalized spacial score (nSPS) is 22.1. The number of unbranched alkanes of at least 4 members (excludes halogenated alkanes) is 3. The Morgan fingerprint density at radius 1 is 1.18 bits per heavy atom. The van der Waals surface area contributed by atoms with Gasteiger partial charge in [0, 0.05) is 36.0 Å². The van der Waals surface area contributed by atoms with Crippen molar-refractivity contribution in [3.63, 3.8) is 0 Å². The van der Waals surface area contributed by atoms with Crippen LogP contribution in [0, 0.1) is 27.4 Å². The van der Waals surface area contributed by atoms with Crippen molar-refractivity contribution in [2.45, 2.75) is 84.0 Å². The minimum absolute atomic E-state index is 0.000268. The second-order valence-electron chi connectivity index (χ2n) is 11.6. The smallest absolute Gasteiger partial charge is 0.336 e. The van der Waals surface area contributed by atoms with Crippen molar-refractivity contribution in [1.82, 2.24) is 0 Å². The molecule has 0 spiro atoms. The van der Waals surface area contributed by atoms with Gasteiger partial charge in [0.25, 0.3) is 5.09 Å². The average molecular weight is 532 g/mol. The third-order valence-corrected chi connectivity index (χ3v) is 8.38. The van der Waals surface area contributed by atoms with Crippen LogP contribution in [0.5, 0.6) is 11.5 Å². The summed E-state index contributed by atoms with van der Waals surface area (Å²) in [6.45, 7) is 8.19. The van der Waals surface area contributed by atoms with Crippen LogP contribution in [-0.2, 0) is 24.6 Å². The Hall–Kier alpha value is -3.43. The summed E-state index contributed by atoms with van der Waals surface area (Å²) >= 11 is 0. The molecule has 3 aliphatic carbocycles. The highest BCUT2D eigenvalue weighted by molar-refractivity contribution is 5.92. The van der Waals surface area contributed by atoms with E-state index in [0.29, 0.717) is 18.1 Å². The first-order valence-electron chi connectivity index (χ1n) is 13.0. The molecule has 1 aromatic rings. The van der Waals surface area contributed by atoms with Crippen molar-refractivity contribution in [3.8, 4) is 11.5 Å². The Labute approximate surface area is 222 Å². The molecule has 208 valence electrons. The molecular weight excluding hydrogens is 494 g/mol. The van der Waals surface area contributed by atoms with E-state index in [-0.39, 0.29) is 53.5 Å². The van der Waals surface area contributed by atoms with E-state index in [9.17, 15) is 29.6 Å². The summed E-state index contributed by atoms with van der Waals surface area (Å²) in [5.74, 6) is -2.11. The summed E-state index contributed by atoms with van der Waals surface area (Å²) in [7, 11) is 0. The molecule has 0 amide bonds. The largest absolute Gasteiger partial charge is 0.508 e. The van der Waals surface area contributed by atoms with Crippen LogP contribution >= 0.6 is 0 Å². The molecule has 10 nitrogen and oxygen atoms in total. The van der Waals surface area contributed by atoms with Crippen LogP contribution in [0.25, 0.3) is 0 Å². The Kier molecular flexibility index (Phi) is 8.84. The number of esters is 1. The van der Waals surface area contributed by atoms with Gasteiger partial charge in [-0.1, -0.05) is 47.0 Å². The third-order valence-electron chi connectivity index (χ3n) is 8.38. The number of fused-ring (bicyclic) bond motifs is 2. The van der Waals surface area contributed by atoms with Gasteiger partial charge in [-0.05, 0) is 53.7 Å². The second-order valence-corrected chi connectivity index (χ2v) is 11.6. The highest BCUT2D eigenvalue weighted by atomic mass is 16.9. The maximum Gasteiger partial charge on any atom is 0.336 e. The maximum atomic E-state index is 12.8. The first-order valence-corrected chi connectivity index (χ1v) is 13.0. The molecule has 0 aromatic heterocycles. The fourth-order valence-electron chi connectivity index (χ4n) is 6.04. The third kappa shape index (κ3) is 6.52. The van der Waals surface area contributed by atoms with E-state index in [2.05, 4.69) is 18.7 Å². The number of aromatic hydroxyl groups is 1. The zero-order valence-corrected chi connectivity index (χ0v) is 22.4. The van der Waals surface area contributed by atoms with Gasteiger partial charge in [-0.15, -0.1) is 10.1 Å². The molecule has 0 radical (unpaired) electrons. The monoisotopic (exact) mass is 531 g/mol. The number of carboxylic acid groups (broad SMARTS) is 1. The Morgan fingerprint density at radius 2 is 1.87 bits per heavy atom. The van der Waals surface area contributed by atoms with Crippen molar-refractivity contribution in [2.75, 3.05) is 6.61 Å². The van der Waals surface area contributed by atoms with Crippen molar-refractivity contribution in [3.05, 3.63) is 45.5 Å². The van der Waals surface area contributed by atoms with Gasteiger partial charge < -0.3 is 19.8 Å². The van der Waals surface area contributed by atoms with E-state index in [4.69, 9.17) is 9.84 Å². The number of hydrogen-bond donors (Lipinski definition) is 2. The standard InChI is InChI=1S/C28H37NO9/c1-27(2,11-7-5-6-8-12-37-29(35)36)17-13-22(31)26(23(14-17)38-25(34)10-9-24(32)33)18-15-21(30)20-16-19(18)28(20,3)4/h9-10,13-14,18-20,31H,5-8,11-12,15-16H2,1-4H3,(H,32,33)/t18-,19-,20+/m1/s1. The van der Waals surface area contributed by atoms with Crippen molar-refractivity contribution in [1.29, 1.82) is 0 Å². The predicted octanol–water partition coefficient (Wildman–Crippen LogP) is 5.09. The summed E-state index contributed by atoms with van der Waals surface area (Å²) in [5, 5.41) is 29.6. The number of hydrogen-bond acceptors (Lipinski definition) is 8. The molecule has 3 saturated carbocycles. The fraction of sp³-hybridized carbons (Fsp3) is 0.607. The molecule has 0 saturated heterocycles. The Morgan fingerprint density at radius 3 is 2.47 bits per heavy atom. The molecule has 1 aromatic carbocycles. The van der Waals surface area contributed by atoms with Crippen LogP contribution in [0.2, 0.25) is 0 Å². The maximum absolute atomic E-state index is 12.8. The number of benzene rings is 1. The number of ketones is 1. The van der Waals surface area contributed by atoms with E-state index in [1.54, 1.807) is 12.1 Å². The fourth-order valence-corrected chi connectivity index (χ4v) is 6.04. The van der Waals surface area contributed by atoms with Crippen LogP contribution < -0.4 is 4.74 Å². The molecular formula is C28H37NO9. The minimum atomic E-state index is -1.29. The number of Topliss-reactive ketones (excluding diaryl/α,β-unsaturated/α-hetero) is 1. The highest BCUT2D eigenvalue weighted by Crippen LogP contribution is 2.64. The molecule has 3 fully saturated rings. The van der Waals surface area contributed by atoms with Gasteiger partial charge in [0.1, 0.15) is 17.3 Å². The molecule has 38 heavy (non-hydrogen) atoms. The number of aliphatic carboxylic acids is 1. The lowest BCUT2D eigenvalue weighted by molar-refractivity contribution is -0.757. The number of nitrogens with zero attached hydrogens (tertiary/aromatic N) is 1. The second kappa shape index (κ2) is 11.5. The number of ether oxygens (including phenoxy) is 1. The summed E-state index contributed by atoms with van der Waals surface area (Å²) < 4.78 is 5.59. The number of phenolic OH excluding ortho intramolecular Hbond substituents is 1. The lowest BCUT2D eigenvalue weighted by atomic mass is 9.44. The quantitative estimate of drug-likeness (QED) is 0.0884. The van der Waals surface area contributed by atoms with E-state index < -0.39 is 22.4 Å². The van der Waals surface area contributed by atoms with Crippen LogP contribution in [-0.4, -0.2) is 39.6 Å².